The second-order valence-corrected chi connectivity index (χ2v) is 5.20. The minimum atomic E-state index is -0.184. The summed E-state index contributed by atoms with van der Waals surface area (Å²) >= 11 is 18.4. The van der Waals surface area contributed by atoms with Crippen LogP contribution >= 0.6 is 55.1 Å². The maximum absolute atomic E-state index is 6.00. The molecule has 0 unspecified atom stereocenters. The lowest BCUT2D eigenvalue weighted by Crippen LogP contribution is -2.26. The van der Waals surface area contributed by atoms with Gasteiger partial charge in [0.05, 0.1) is 24.7 Å². The van der Waals surface area contributed by atoms with Crippen LogP contribution in [0, 0.1) is 0 Å². The maximum atomic E-state index is 6.00. The summed E-state index contributed by atoms with van der Waals surface area (Å²) in [7, 11) is 0. The molecule has 92 valence electrons. The molecule has 9 heteroatoms. The van der Waals surface area contributed by atoms with Crippen LogP contribution in [0.15, 0.2) is 25.0 Å². The minimum Gasteiger partial charge on any atom is -0.370 e. The molecule has 0 aromatic heterocycles. The van der Waals surface area contributed by atoms with E-state index >= 15 is 0 Å². The summed E-state index contributed by atoms with van der Waals surface area (Å²) in [4.78, 5) is 7.55. The van der Waals surface area contributed by atoms with E-state index < -0.39 is 0 Å². The predicted octanol–water partition coefficient (Wildman–Crippen LogP) is 2.74. The predicted molar refractivity (Wildman–Crippen MR) is 79.0 cm³/mol. The van der Waals surface area contributed by atoms with Crippen molar-refractivity contribution in [3.05, 3.63) is 25.1 Å². The van der Waals surface area contributed by atoms with Gasteiger partial charge in [-0.15, -0.1) is 0 Å². The Morgan fingerprint density at radius 1 is 1.12 bits per heavy atom. The van der Waals surface area contributed by atoms with Crippen LogP contribution in [-0.4, -0.2) is 11.9 Å². The highest BCUT2D eigenvalue weighted by atomic mass is 79.9. The van der Waals surface area contributed by atoms with Gasteiger partial charge in [0.15, 0.2) is 5.96 Å². The molecule has 0 fully saturated rings. The van der Waals surface area contributed by atoms with Gasteiger partial charge in [-0.1, -0.05) is 23.2 Å². The van der Waals surface area contributed by atoms with Crippen molar-refractivity contribution < 1.29 is 0 Å². The quantitative estimate of drug-likeness (QED) is 0.290. The third-order valence-corrected chi connectivity index (χ3v) is 4.55. The number of rotatable bonds is 1. The summed E-state index contributed by atoms with van der Waals surface area (Å²) in [6, 6.07) is 1.57. The fourth-order valence-electron chi connectivity index (χ4n) is 0.922. The van der Waals surface area contributed by atoms with Crippen LogP contribution in [0.25, 0.3) is 0 Å². The van der Waals surface area contributed by atoms with Crippen molar-refractivity contribution in [2.45, 2.75) is 0 Å². The monoisotopic (exact) mass is 401 g/mol. The van der Waals surface area contributed by atoms with Crippen LogP contribution in [0.5, 0.6) is 0 Å². The first-order valence-corrected chi connectivity index (χ1v) is 6.44. The minimum absolute atomic E-state index is 0.0971. The van der Waals surface area contributed by atoms with Crippen molar-refractivity contribution in [1.82, 2.24) is 0 Å². The Labute approximate surface area is 124 Å². The van der Waals surface area contributed by atoms with Crippen LogP contribution < -0.4 is 17.2 Å². The highest BCUT2D eigenvalue weighted by Gasteiger charge is 2.12. The zero-order valence-electron chi connectivity index (χ0n) is 8.22. The number of benzene rings is 1. The van der Waals surface area contributed by atoms with Crippen LogP contribution in [0.4, 0.5) is 5.69 Å². The molecule has 5 nitrogen and oxygen atoms in total. The molecule has 0 amide bonds. The standard InChI is InChI=1S/C8H7Br2Cl2N5/c9-4-2(11)1-3(5(10)6(4)12)16-8(15)17-7(13)14/h1H,(H6,13,14,15,16,17). The van der Waals surface area contributed by atoms with E-state index in [1.54, 1.807) is 6.07 Å². The van der Waals surface area contributed by atoms with Gasteiger partial charge >= 0.3 is 0 Å². The summed E-state index contributed by atoms with van der Waals surface area (Å²) in [6.45, 7) is 0. The summed E-state index contributed by atoms with van der Waals surface area (Å²) in [5, 5.41) is 0.781. The third-order valence-electron chi connectivity index (χ3n) is 1.56. The third kappa shape index (κ3) is 3.74. The molecular formula is C8H7Br2Cl2N5. The molecule has 1 aromatic rings. The summed E-state index contributed by atoms with van der Waals surface area (Å²) in [5.74, 6) is -0.281. The first-order valence-electron chi connectivity index (χ1n) is 4.09. The molecule has 1 aromatic carbocycles. The average Bonchev–Trinajstić information content (AvgIpc) is 2.21. The molecule has 0 aliphatic heterocycles. The summed E-state index contributed by atoms with van der Waals surface area (Å²) in [6.07, 6.45) is 0. The Morgan fingerprint density at radius 3 is 2.24 bits per heavy atom. The molecule has 0 aliphatic carbocycles. The molecule has 0 radical (unpaired) electrons. The molecule has 1 rings (SSSR count). The van der Waals surface area contributed by atoms with Crippen LogP contribution in [-0.2, 0) is 0 Å². The van der Waals surface area contributed by atoms with Gasteiger partial charge in [0.2, 0.25) is 5.96 Å². The van der Waals surface area contributed by atoms with E-state index in [1.807, 2.05) is 0 Å². The maximum Gasteiger partial charge on any atom is 0.223 e. The van der Waals surface area contributed by atoms with Crippen LogP contribution in [0.1, 0.15) is 0 Å². The number of aliphatic imine (C=N–C) groups is 2. The van der Waals surface area contributed by atoms with Gasteiger partial charge in [-0.05, 0) is 37.9 Å². The molecule has 6 N–H and O–H groups in total. The fraction of sp³-hybridized carbons (Fsp3) is 0. The zero-order valence-corrected chi connectivity index (χ0v) is 12.9. The van der Waals surface area contributed by atoms with E-state index in [0.29, 0.717) is 24.7 Å². The zero-order chi connectivity index (χ0) is 13.2. The highest BCUT2D eigenvalue weighted by molar-refractivity contribution is 9.11. The van der Waals surface area contributed by atoms with E-state index in [0.717, 1.165) is 0 Å². The van der Waals surface area contributed by atoms with E-state index in [9.17, 15) is 0 Å². The van der Waals surface area contributed by atoms with Crippen LogP contribution in [0.3, 0.4) is 0 Å². The number of hydrogen-bond donors (Lipinski definition) is 3. The number of guanidine groups is 2. The number of nitrogens with two attached hydrogens (primary N) is 3. The smallest absolute Gasteiger partial charge is 0.223 e. The Morgan fingerprint density at radius 2 is 1.71 bits per heavy atom. The first-order chi connectivity index (χ1) is 7.82. The van der Waals surface area contributed by atoms with Gasteiger partial charge in [0.25, 0.3) is 0 Å². The van der Waals surface area contributed by atoms with Gasteiger partial charge < -0.3 is 17.2 Å². The topological polar surface area (TPSA) is 103 Å². The molecule has 0 atom stereocenters. The Kier molecular flexibility index (Phi) is 5.05. The van der Waals surface area contributed by atoms with Crippen molar-refractivity contribution in [3.63, 3.8) is 0 Å². The van der Waals surface area contributed by atoms with Gasteiger partial charge in [-0.25, -0.2) is 4.99 Å². The molecule has 0 bridgehead atoms. The molecule has 17 heavy (non-hydrogen) atoms. The first kappa shape index (κ1) is 14.6. The number of nitrogens with zero attached hydrogens (tertiary/aromatic N) is 2. The Hall–Kier alpha value is -0.500. The van der Waals surface area contributed by atoms with Gasteiger partial charge in [-0.3, -0.25) is 0 Å². The fourth-order valence-corrected chi connectivity index (χ4v) is 2.35. The second-order valence-electron chi connectivity index (χ2n) is 2.83. The largest absolute Gasteiger partial charge is 0.370 e. The molecule has 0 heterocycles. The van der Waals surface area contributed by atoms with E-state index in [2.05, 4.69) is 41.8 Å². The highest BCUT2D eigenvalue weighted by Crippen LogP contribution is 2.42. The molecule has 0 spiro atoms. The SMILES string of the molecule is NC(N)=NC(N)=Nc1cc(Cl)c(Br)c(Cl)c1Br. The normalized spacial score (nSPS) is 11.4. The summed E-state index contributed by atoms with van der Waals surface area (Å²) < 4.78 is 1.09. The lowest BCUT2D eigenvalue weighted by atomic mass is 10.3. The lowest BCUT2D eigenvalue weighted by Gasteiger charge is -2.06. The average molecular weight is 404 g/mol. The van der Waals surface area contributed by atoms with E-state index in [-0.39, 0.29) is 11.9 Å². The molecular weight excluding hydrogens is 397 g/mol. The van der Waals surface area contributed by atoms with Gasteiger partial charge in [-0.2, -0.15) is 4.99 Å². The lowest BCUT2D eigenvalue weighted by molar-refractivity contribution is 1.37. The van der Waals surface area contributed by atoms with Gasteiger partial charge in [0.1, 0.15) is 0 Å². The van der Waals surface area contributed by atoms with E-state index in [4.69, 9.17) is 40.4 Å². The summed E-state index contributed by atoms with van der Waals surface area (Å²) in [5.41, 5.74) is 16.2. The second kappa shape index (κ2) is 5.90. The molecule has 0 saturated carbocycles. The Balaban J connectivity index is 3.30. The Bertz CT molecular complexity index is 511. The van der Waals surface area contributed by atoms with Crippen molar-refractivity contribution >= 4 is 72.7 Å². The van der Waals surface area contributed by atoms with Crippen molar-refractivity contribution in [2.75, 3.05) is 0 Å². The van der Waals surface area contributed by atoms with E-state index in [1.165, 1.54) is 0 Å². The molecule has 0 saturated heterocycles. The number of halogens is 4. The van der Waals surface area contributed by atoms with Crippen LogP contribution in [0.2, 0.25) is 10.0 Å². The number of hydrogen-bond acceptors (Lipinski definition) is 1. The molecule has 0 aliphatic rings. The van der Waals surface area contributed by atoms with Crippen molar-refractivity contribution in [2.24, 2.45) is 27.2 Å². The van der Waals surface area contributed by atoms with Gasteiger partial charge in [0, 0.05) is 0 Å². The van der Waals surface area contributed by atoms with Crippen molar-refractivity contribution in [3.8, 4) is 0 Å². The van der Waals surface area contributed by atoms with Crippen molar-refractivity contribution in [1.29, 1.82) is 0 Å².